The molecule has 0 bridgehead atoms. The summed E-state index contributed by atoms with van der Waals surface area (Å²) >= 11 is 0. The Morgan fingerprint density at radius 2 is 1.64 bits per heavy atom. The number of aromatic carboxylic acids is 1. The van der Waals surface area contributed by atoms with Crippen molar-refractivity contribution in [3.05, 3.63) is 117 Å². The lowest BCUT2D eigenvalue weighted by Crippen LogP contribution is -2.49. The number of hydroxylamine groups is 2. The largest absolute Gasteiger partial charge is 0.477 e. The number of halogens is 1. The average molecular weight is 797 g/mol. The Hall–Kier alpha value is -6.66. The highest BCUT2D eigenvalue weighted by atomic mass is 19.1. The van der Waals surface area contributed by atoms with Gasteiger partial charge in [-0.05, 0) is 56.2 Å². The van der Waals surface area contributed by atoms with Crippen molar-refractivity contribution in [2.45, 2.75) is 58.6 Å². The van der Waals surface area contributed by atoms with Gasteiger partial charge in [0.1, 0.15) is 30.6 Å². The van der Waals surface area contributed by atoms with Gasteiger partial charge < -0.3 is 34.6 Å². The molecule has 3 N–H and O–H groups in total. The van der Waals surface area contributed by atoms with E-state index in [1.807, 2.05) is 30.3 Å². The smallest absolute Gasteiger partial charge is 0.410 e. The lowest BCUT2D eigenvalue weighted by Gasteiger charge is -2.35. The number of aliphatic hydroxyl groups excluding tert-OH is 1. The van der Waals surface area contributed by atoms with Crippen LogP contribution in [0.1, 0.15) is 65.9 Å². The summed E-state index contributed by atoms with van der Waals surface area (Å²) in [5.74, 6) is -3.19. The maximum Gasteiger partial charge on any atom is 0.410 e. The van der Waals surface area contributed by atoms with Crippen LogP contribution in [0.4, 0.5) is 25.4 Å². The van der Waals surface area contributed by atoms with Crippen LogP contribution in [0.5, 0.6) is 0 Å². The minimum atomic E-state index is -1.38. The predicted molar refractivity (Wildman–Crippen MR) is 207 cm³/mol. The molecule has 1 fully saturated rings. The number of hydrogen-bond donors (Lipinski definition) is 3. The number of anilines is 2. The Morgan fingerprint density at radius 3 is 2.29 bits per heavy atom. The maximum atomic E-state index is 15.3. The van der Waals surface area contributed by atoms with Gasteiger partial charge in [-0.15, -0.1) is 10.2 Å². The van der Waals surface area contributed by atoms with Crippen molar-refractivity contribution in [1.82, 2.24) is 29.3 Å². The number of carboxylic acids is 1. The molecule has 3 aromatic carbocycles. The predicted octanol–water partition coefficient (Wildman–Crippen LogP) is 4.49. The summed E-state index contributed by atoms with van der Waals surface area (Å²) in [4.78, 5) is 73.1. The van der Waals surface area contributed by atoms with Crippen LogP contribution in [0.25, 0.3) is 10.9 Å². The van der Waals surface area contributed by atoms with Crippen LogP contribution >= 0.6 is 0 Å². The standard InChI is InChI=1S/C40H41FN8O9/c1-4-45-20-29(38(53)54)34(51)28-18-30(41)32(19-31(28)45)46-14-16-47(17-15-46)40(56)57-21-26-10-12-27(13-11-26)42-37(52)23(2)35-43-44-36-33(24(3)50)49(39(55)48(35)36)58-22-25-8-6-5-7-9-25/h5-13,18-20,23-24,33,50H,4,14-17,21-22H2,1-3H3,(H,42,52)(H,53,54)/t23-,24?,33+/m1/s1. The summed E-state index contributed by atoms with van der Waals surface area (Å²) in [7, 11) is 0. The Kier molecular flexibility index (Phi) is 11.2. The molecule has 7 rings (SSSR count). The quantitative estimate of drug-likeness (QED) is 0.160. The number of fused-ring (bicyclic) bond motifs is 2. The molecular formula is C40H41FN8O9. The highest BCUT2D eigenvalue weighted by Gasteiger charge is 2.46. The Labute approximate surface area is 330 Å². The molecule has 4 heterocycles. The van der Waals surface area contributed by atoms with Crippen LogP contribution in [0.15, 0.2) is 77.7 Å². The number of aryl methyl sites for hydroxylation is 1. The number of rotatable bonds is 12. The zero-order valence-electron chi connectivity index (χ0n) is 31.9. The molecule has 1 unspecified atom stereocenters. The van der Waals surface area contributed by atoms with Gasteiger partial charge in [-0.25, -0.2) is 23.3 Å². The fourth-order valence-corrected chi connectivity index (χ4v) is 7.04. The van der Waals surface area contributed by atoms with Crippen molar-refractivity contribution in [2.24, 2.45) is 0 Å². The molecule has 0 aliphatic carbocycles. The molecule has 3 amide bonds. The fraction of sp³-hybridized carbons (Fsp3) is 0.325. The average Bonchev–Trinajstić information content (AvgIpc) is 3.77. The first-order chi connectivity index (χ1) is 27.9. The topological polar surface area (TPSA) is 202 Å². The van der Waals surface area contributed by atoms with Crippen molar-refractivity contribution in [2.75, 3.05) is 36.4 Å². The number of benzene rings is 3. The number of carbonyl (C=O) groups is 4. The monoisotopic (exact) mass is 796 g/mol. The summed E-state index contributed by atoms with van der Waals surface area (Å²) in [5.41, 5.74) is 1.39. The summed E-state index contributed by atoms with van der Waals surface area (Å²) in [6, 6.07) is 17.0. The molecule has 2 aliphatic heterocycles. The van der Waals surface area contributed by atoms with Gasteiger partial charge in [-0.3, -0.25) is 14.4 Å². The number of piperazine rings is 1. The van der Waals surface area contributed by atoms with E-state index in [1.165, 1.54) is 28.7 Å². The number of amides is 3. The first-order valence-electron chi connectivity index (χ1n) is 18.7. The normalized spacial score (nSPS) is 16.3. The number of nitrogens with zero attached hydrogens (tertiary/aromatic N) is 7. The molecule has 5 aromatic rings. The van der Waals surface area contributed by atoms with Gasteiger partial charge in [0.25, 0.3) is 0 Å². The molecule has 0 spiro atoms. The van der Waals surface area contributed by atoms with Gasteiger partial charge in [-0.2, -0.15) is 5.06 Å². The highest BCUT2D eigenvalue weighted by molar-refractivity contribution is 5.96. The molecule has 302 valence electrons. The van der Waals surface area contributed by atoms with Gasteiger partial charge >= 0.3 is 18.1 Å². The summed E-state index contributed by atoms with van der Waals surface area (Å²) in [6.07, 6.45) is -0.334. The molecular weight excluding hydrogens is 755 g/mol. The molecule has 58 heavy (non-hydrogen) atoms. The van der Waals surface area contributed by atoms with Crippen LogP contribution in [-0.2, 0) is 34.1 Å². The zero-order valence-corrected chi connectivity index (χ0v) is 31.9. The first kappa shape index (κ1) is 39.6. The van der Waals surface area contributed by atoms with Crippen molar-refractivity contribution in [3.63, 3.8) is 0 Å². The van der Waals surface area contributed by atoms with Crippen molar-refractivity contribution < 1.29 is 43.4 Å². The Bertz CT molecular complexity index is 2430. The number of carbonyl (C=O) groups excluding carboxylic acids is 3. The van der Waals surface area contributed by atoms with E-state index in [-0.39, 0.29) is 49.0 Å². The fourth-order valence-electron chi connectivity index (χ4n) is 7.04. The van der Waals surface area contributed by atoms with E-state index in [9.17, 15) is 34.2 Å². The van der Waals surface area contributed by atoms with Crippen molar-refractivity contribution >= 4 is 46.3 Å². The van der Waals surface area contributed by atoms with Crippen LogP contribution in [0.3, 0.4) is 0 Å². The second kappa shape index (κ2) is 16.4. The number of ether oxygens (including phenoxy) is 1. The molecule has 2 aromatic heterocycles. The number of pyridine rings is 1. The Morgan fingerprint density at radius 1 is 0.948 bits per heavy atom. The first-order valence-corrected chi connectivity index (χ1v) is 18.7. The second-order valence-corrected chi connectivity index (χ2v) is 14.0. The van der Waals surface area contributed by atoms with Crippen LogP contribution in [-0.4, -0.2) is 95.8 Å². The molecule has 17 nitrogen and oxygen atoms in total. The van der Waals surface area contributed by atoms with E-state index >= 15 is 4.39 Å². The Balaban J connectivity index is 0.921. The third kappa shape index (κ3) is 7.70. The van der Waals surface area contributed by atoms with E-state index < -0.39 is 58.9 Å². The number of hydrogen-bond acceptors (Lipinski definition) is 11. The third-order valence-corrected chi connectivity index (χ3v) is 10.2. The van der Waals surface area contributed by atoms with E-state index in [4.69, 9.17) is 9.57 Å². The molecule has 0 radical (unpaired) electrons. The zero-order chi connectivity index (χ0) is 41.2. The van der Waals surface area contributed by atoms with Gasteiger partial charge in [0.2, 0.25) is 11.3 Å². The van der Waals surface area contributed by atoms with Crippen LogP contribution in [0, 0.1) is 5.82 Å². The number of carboxylic acid groups (broad SMARTS) is 1. The molecule has 1 saturated heterocycles. The van der Waals surface area contributed by atoms with Crippen LogP contribution < -0.4 is 15.6 Å². The number of aromatic nitrogens is 4. The van der Waals surface area contributed by atoms with E-state index in [2.05, 4.69) is 15.5 Å². The third-order valence-electron chi connectivity index (χ3n) is 10.2. The van der Waals surface area contributed by atoms with Crippen LogP contribution in [0.2, 0.25) is 0 Å². The summed E-state index contributed by atoms with van der Waals surface area (Å²) in [6.45, 7) is 6.36. The minimum Gasteiger partial charge on any atom is -0.477 e. The minimum absolute atomic E-state index is 0.0205. The second-order valence-electron chi connectivity index (χ2n) is 14.0. The molecule has 18 heteroatoms. The number of nitrogens with one attached hydrogen (secondary N) is 1. The van der Waals surface area contributed by atoms with Crippen molar-refractivity contribution in [3.8, 4) is 0 Å². The van der Waals surface area contributed by atoms with Gasteiger partial charge in [0, 0.05) is 50.0 Å². The number of aliphatic hydroxyl groups is 1. The summed E-state index contributed by atoms with van der Waals surface area (Å²) < 4.78 is 23.6. The van der Waals surface area contributed by atoms with E-state index in [0.717, 1.165) is 16.7 Å². The van der Waals surface area contributed by atoms with E-state index in [0.29, 0.717) is 36.4 Å². The molecule has 2 aliphatic rings. The SMILES string of the molecule is CCn1cc(C(=O)O)c(=O)c2cc(F)c(N3CCN(C(=O)OCc4ccc(NC(=O)[C@H](C)c5nnc6n5C(=O)N(OCc5ccccc5)[C@H]6C(C)O)cc4)CC3)cc21. The summed E-state index contributed by atoms with van der Waals surface area (Å²) in [5, 5.41) is 32.0. The molecule has 3 atom stereocenters. The maximum absolute atomic E-state index is 15.3. The van der Waals surface area contributed by atoms with Gasteiger partial charge in [0.15, 0.2) is 11.6 Å². The lowest BCUT2D eigenvalue weighted by atomic mass is 10.1. The van der Waals surface area contributed by atoms with E-state index in [1.54, 1.807) is 47.6 Å². The highest BCUT2D eigenvalue weighted by Crippen LogP contribution is 2.34. The van der Waals surface area contributed by atoms with Gasteiger partial charge in [0.05, 0.1) is 23.2 Å². The lowest BCUT2D eigenvalue weighted by molar-refractivity contribution is -0.167. The van der Waals surface area contributed by atoms with Crippen molar-refractivity contribution in [1.29, 1.82) is 0 Å². The molecule has 0 saturated carbocycles. The van der Waals surface area contributed by atoms with Gasteiger partial charge in [-0.1, -0.05) is 42.5 Å².